The van der Waals surface area contributed by atoms with Crippen molar-refractivity contribution < 1.29 is 9.18 Å². The maximum atomic E-state index is 13.2. The number of anilines is 2. The maximum Gasteiger partial charge on any atom is 0.259 e. The van der Waals surface area contributed by atoms with Crippen molar-refractivity contribution in [2.24, 2.45) is 5.73 Å². The smallest absolute Gasteiger partial charge is 0.259 e. The van der Waals surface area contributed by atoms with Gasteiger partial charge in [-0.15, -0.1) is 0 Å². The van der Waals surface area contributed by atoms with Crippen LogP contribution in [-0.2, 0) is 0 Å². The Kier molecular flexibility index (Phi) is 5.36. The number of fused-ring (bicyclic) bond motifs is 1. The molecule has 2 aliphatic carbocycles. The molecule has 0 unspecified atom stereocenters. The van der Waals surface area contributed by atoms with Crippen molar-refractivity contribution in [1.29, 1.82) is 0 Å². The number of amides is 1. The molecule has 2 fully saturated rings. The first kappa shape index (κ1) is 20.0. The van der Waals surface area contributed by atoms with E-state index in [4.69, 9.17) is 5.73 Å². The summed E-state index contributed by atoms with van der Waals surface area (Å²) in [5.41, 5.74) is 9.92. The van der Waals surface area contributed by atoms with Crippen molar-refractivity contribution in [3.8, 4) is 0 Å². The Labute approximate surface area is 180 Å². The molecule has 0 atom stereocenters. The van der Waals surface area contributed by atoms with E-state index in [2.05, 4.69) is 26.7 Å². The molecule has 31 heavy (non-hydrogen) atoms. The van der Waals surface area contributed by atoms with Crippen molar-refractivity contribution in [2.45, 2.75) is 62.9 Å². The van der Waals surface area contributed by atoms with Gasteiger partial charge in [0.15, 0.2) is 0 Å². The van der Waals surface area contributed by atoms with Gasteiger partial charge in [0, 0.05) is 35.0 Å². The zero-order chi connectivity index (χ0) is 21.4. The normalized spacial score (nSPS) is 21.6. The number of aromatic nitrogens is 2. The van der Waals surface area contributed by atoms with Gasteiger partial charge in [-0.25, -0.2) is 9.37 Å². The number of halogens is 1. The number of hydrogen-bond donors (Lipinski definition) is 4. The van der Waals surface area contributed by atoms with Crippen LogP contribution < -0.4 is 16.4 Å². The van der Waals surface area contributed by atoms with E-state index < -0.39 is 0 Å². The largest absolute Gasteiger partial charge is 0.381 e. The average Bonchev–Trinajstić information content (AvgIpc) is 3.14. The van der Waals surface area contributed by atoms with E-state index in [0.717, 1.165) is 42.4 Å². The predicted octanol–water partition coefficient (Wildman–Crippen LogP) is 4.90. The summed E-state index contributed by atoms with van der Waals surface area (Å²) in [7, 11) is 0. The summed E-state index contributed by atoms with van der Waals surface area (Å²) in [5.74, 6) is -0.0524. The number of rotatable bonds is 5. The van der Waals surface area contributed by atoms with E-state index in [1.807, 2.05) is 0 Å². The Morgan fingerprint density at radius 1 is 1.10 bits per heavy atom. The third kappa shape index (κ3) is 4.14. The van der Waals surface area contributed by atoms with Gasteiger partial charge in [0.2, 0.25) is 0 Å². The fourth-order valence-corrected chi connectivity index (χ4v) is 4.56. The Morgan fingerprint density at radius 3 is 2.52 bits per heavy atom. The molecule has 1 aromatic carbocycles. The van der Waals surface area contributed by atoms with Crippen molar-refractivity contribution in [3.05, 3.63) is 53.6 Å². The number of nitrogens with zero attached hydrogens (tertiary/aromatic N) is 1. The van der Waals surface area contributed by atoms with Gasteiger partial charge in [-0.3, -0.25) is 4.79 Å². The van der Waals surface area contributed by atoms with Gasteiger partial charge in [0.25, 0.3) is 5.91 Å². The second-order valence-electron chi connectivity index (χ2n) is 8.88. The number of benzene rings is 1. The average molecular weight is 422 g/mol. The first-order valence-corrected chi connectivity index (χ1v) is 11.2. The molecule has 162 valence electrons. The molecule has 5 N–H and O–H groups in total. The second-order valence-corrected chi connectivity index (χ2v) is 8.88. The fraction of sp³-hybridized carbons (Fsp3) is 0.417. The van der Waals surface area contributed by atoms with Crippen LogP contribution in [-0.4, -0.2) is 28.0 Å². The first-order chi connectivity index (χ1) is 15.1. The summed E-state index contributed by atoms with van der Waals surface area (Å²) >= 11 is 0. The fourth-order valence-electron chi connectivity index (χ4n) is 4.56. The monoisotopic (exact) mass is 421 g/mol. The van der Waals surface area contributed by atoms with Crippen molar-refractivity contribution in [3.63, 3.8) is 0 Å². The minimum Gasteiger partial charge on any atom is -0.381 e. The number of nitrogens with two attached hydrogens (primary N) is 1. The third-order valence-electron chi connectivity index (χ3n) is 6.69. The third-order valence-corrected chi connectivity index (χ3v) is 6.69. The molecule has 0 radical (unpaired) electrons. The van der Waals surface area contributed by atoms with E-state index >= 15 is 0 Å². The Morgan fingerprint density at radius 2 is 1.84 bits per heavy atom. The number of H-pyrrole nitrogens is 1. The highest BCUT2D eigenvalue weighted by atomic mass is 19.1. The van der Waals surface area contributed by atoms with E-state index in [0.29, 0.717) is 17.2 Å². The first-order valence-electron chi connectivity index (χ1n) is 11.2. The molecule has 0 aliphatic heterocycles. The number of hydrogen-bond acceptors (Lipinski definition) is 4. The van der Waals surface area contributed by atoms with E-state index in [9.17, 15) is 9.18 Å². The van der Waals surface area contributed by atoms with Crippen LogP contribution in [0.15, 0.2) is 36.5 Å². The van der Waals surface area contributed by atoms with Gasteiger partial charge >= 0.3 is 0 Å². The van der Waals surface area contributed by atoms with Crippen LogP contribution in [0.4, 0.5) is 15.8 Å². The van der Waals surface area contributed by atoms with Crippen LogP contribution >= 0.6 is 0 Å². The molecule has 3 aromatic rings. The maximum absolute atomic E-state index is 13.2. The molecule has 5 rings (SSSR count). The van der Waals surface area contributed by atoms with Crippen molar-refractivity contribution >= 4 is 28.3 Å². The number of carbonyl (C=O) groups excluding carboxylic acids is 1. The summed E-state index contributed by atoms with van der Waals surface area (Å²) in [5, 5.41) is 7.46. The molecule has 2 aromatic heterocycles. The standard InChI is InChI=1S/C24H28FN5O/c25-15-4-8-18(9-5-15)29-24(31)20-13-27-23-19(12-21(30-23)14-2-1-3-14)22(20)28-17-10-6-16(26)7-11-17/h4-5,8-9,12-14,16-17H,1-3,6-7,10-11,26H2,(H,29,31)(H2,27,28,30)/t16-,17-. The molecule has 1 amide bonds. The molecule has 2 saturated carbocycles. The van der Waals surface area contributed by atoms with Crippen LogP contribution in [0.25, 0.3) is 11.0 Å². The zero-order valence-corrected chi connectivity index (χ0v) is 17.5. The number of carbonyl (C=O) groups is 1. The Balaban J connectivity index is 1.49. The van der Waals surface area contributed by atoms with Crippen LogP contribution in [0.3, 0.4) is 0 Å². The summed E-state index contributed by atoms with van der Waals surface area (Å²) in [6.07, 6.45) is 9.16. The Bertz CT molecular complexity index is 1080. The molecule has 0 spiro atoms. The Hall–Kier alpha value is -2.93. The molecule has 6 nitrogen and oxygen atoms in total. The highest BCUT2D eigenvalue weighted by molar-refractivity contribution is 6.12. The lowest BCUT2D eigenvalue weighted by atomic mass is 9.83. The number of aromatic amines is 1. The van der Waals surface area contributed by atoms with Gasteiger partial charge in [0.05, 0.1) is 11.3 Å². The summed E-state index contributed by atoms with van der Waals surface area (Å²) in [6.45, 7) is 0. The molecular weight excluding hydrogens is 393 g/mol. The highest BCUT2D eigenvalue weighted by Gasteiger charge is 2.26. The molecule has 7 heteroatoms. The lowest BCUT2D eigenvalue weighted by Gasteiger charge is -2.28. The highest BCUT2D eigenvalue weighted by Crippen LogP contribution is 2.39. The number of nitrogens with one attached hydrogen (secondary N) is 3. The molecular formula is C24H28FN5O. The number of pyridine rings is 1. The lowest BCUT2D eigenvalue weighted by Crippen LogP contribution is -2.33. The van der Waals surface area contributed by atoms with Gasteiger partial charge < -0.3 is 21.4 Å². The van der Waals surface area contributed by atoms with Crippen molar-refractivity contribution in [2.75, 3.05) is 10.6 Å². The minimum atomic E-state index is -0.338. The quantitative estimate of drug-likeness (QED) is 0.471. The van der Waals surface area contributed by atoms with Gasteiger partial charge in [-0.2, -0.15) is 0 Å². The molecule has 0 saturated heterocycles. The molecule has 0 bridgehead atoms. The topological polar surface area (TPSA) is 95.8 Å². The SMILES string of the molecule is N[C@H]1CC[C@H](Nc2c(C(=O)Nc3ccc(F)cc3)cnc3[nH]c(C4CCC4)cc23)CC1. The van der Waals surface area contributed by atoms with E-state index in [1.54, 1.807) is 18.3 Å². The van der Waals surface area contributed by atoms with E-state index in [1.165, 1.54) is 37.1 Å². The van der Waals surface area contributed by atoms with Crippen LogP contribution in [0.5, 0.6) is 0 Å². The van der Waals surface area contributed by atoms with Gasteiger partial charge in [0.1, 0.15) is 11.5 Å². The minimum absolute atomic E-state index is 0.259. The van der Waals surface area contributed by atoms with Crippen LogP contribution in [0.2, 0.25) is 0 Å². The lowest BCUT2D eigenvalue weighted by molar-refractivity contribution is 0.102. The van der Waals surface area contributed by atoms with Crippen molar-refractivity contribution in [1.82, 2.24) is 9.97 Å². The van der Waals surface area contributed by atoms with Gasteiger partial charge in [-0.05, 0) is 74.8 Å². The summed E-state index contributed by atoms with van der Waals surface area (Å²) < 4.78 is 13.2. The summed E-state index contributed by atoms with van der Waals surface area (Å²) in [6, 6.07) is 8.45. The molecule has 2 heterocycles. The zero-order valence-electron chi connectivity index (χ0n) is 17.5. The summed E-state index contributed by atoms with van der Waals surface area (Å²) in [4.78, 5) is 21.2. The van der Waals surface area contributed by atoms with Crippen LogP contribution in [0.1, 0.15) is 66.9 Å². The predicted molar refractivity (Wildman–Crippen MR) is 121 cm³/mol. The van der Waals surface area contributed by atoms with E-state index in [-0.39, 0.29) is 23.8 Å². The second kappa shape index (κ2) is 8.30. The molecule has 2 aliphatic rings. The van der Waals surface area contributed by atoms with Gasteiger partial charge in [-0.1, -0.05) is 6.42 Å². The van der Waals surface area contributed by atoms with Crippen LogP contribution in [0, 0.1) is 5.82 Å².